The first-order valence-corrected chi connectivity index (χ1v) is 6.02. The second-order valence-electron chi connectivity index (χ2n) is 4.27. The third kappa shape index (κ3) is 2.70. The number of nitrogens with one attached hydrogen (secondary N) is 1. The maximum Gasteiger partial charge on any atom is 0.239 e. The molecular weight excluding hydrogens is 238 g/mol. The molecular formula is C12H16ClN3O. The summed E-state index contributed by atoms with van der Waals surface area (Å²) in [5.74, 6) is 0.0311. The van der Waals surface area contributed by atoms with Crippen molar-refractivity contribution in [3.63, 3.8) is 0 Å². The van der Waals surface area contributed by atoms with Crippen LogP contribution >= 0.6 is 11.6 Å². The predicted octanol–water partition coefficient (Wildman–Crippen LogP) is 1.30. The molecule has 5 heteroatoms. The number of benzene rings is 1. The Hall–Kier alpha value is -1.26. The molecule has 1 aromatic rings. The van der Waals surface area contributed by atoms with Gasteiger partial charge < -0.3 is 16.0 Å². The lowest BCUT2D eigenvalue weighted by molar-refractivity contribution is -0.120. The minimum absolute atomic E-state index is 0.0311. The van der Waals surface area contributed by atoms with Gasteiger partial charge in [-0.25, -0.2) is 0 Å². The molecule has 0 radical (unpaired) electrons. The van der Waals surface area contributed by atoms with Crippen LogP contribution in [0.15, 0.2) is 18.2 Å². The van der Waals surface area contributed by atoms with Gasteiger partial charge in [0.15, 0.2) is 0 Å². The number of piperazine rings is 1. The van der Waals surface area contributed by atoms with Gasteiger partial charge in [0.25, 0.3) is 0 Å². The number of amides is 1. The van der Waals surface area contributed by atoms with Crippen molar-refractivity contribution in [3.05, 3.63) is 28.8 Å². The van der Waals surface area contributed by atoms with Crippen LogP contribution in [0, 0.1) is 0 Å². The van der Waals surface area contributed by atoms with E-state index in [0.29, 0.717) is 18.1 Å². The van der Waals surface area contributed by atoms with Gasteiger partial charge in [-0.3, -0.25) is 4.79 Å². The summed E-state index contributed by atoms with van der Waals surface area (Å²) in [6, 6.07) is 5.72. The first-order chi connectivity index (χ1) is 8.08. The van der Waals surface area contributed by atoms with Crippen molar-refractivity contribution in [2.45, 2.75) is 13.0 Å². The molecule has 1 aliphatic heterocycles. The van der Waals surface area contributed by atoms with E-state index in [1.165, 1.54) is 0 Å². The minimum Gasteiger partial charge on any atom is -0.359 e. The topological polar surface area (TPSA) is 58.4 Å². The van der Waals surface area contributed by atoms with Gasteiger partial charge in [-0.05, 0) is 24.6 Å². The van der Waals surface area contributed by atoms with Crippen LogP contribution < -0.4 is 16.0 Å². The molecule has 0 aromatic heterocycles. The Morgan fingerprint density at radius 1 is 1.53 bits per heavy atom. The van der Waals surface area contributed by atoms with Crippen molar-refractivity contribution in [1.29, 1.82) is 0 Å². The number of nitrogens with two attached hydrogens (primary N) is 1. The molecule has 1 atom stereocenters. The van der Waals surface area contributed by atoms with E-state index < -0.39 is 0 Å². The van der Waals surface area contributed by atoms with Crippen molar-refractivity contribution in [3.8, 4) is 0 Å². The first kappa shape index (κ1) is 12.2. The number of hydrogen-bond donors (Lipinski definition) is 2. The quantitative estimate of drug-likeness (QED) is 0.835. The van der Waals surface area contributed by atoms with Gasteiger partial charge in [0.1, 0.15) is 0 Å². The standard InChI is InChI=1S/C12H16ClN3O/c1-8(14)9-2-3-11(10(13)6-9)16-5-4-15-12(17)7-16/h2-3,6,8H,4-5,7,14H2,1H3,(H,15,17). The summed E-state index contributed by atoms with van der Waals surface area (Å²) < 4.78 is 0. The van der Waals surface area contributed by atoms with Crippen molar-refractivity contribution < 1.29 is 4.79 Å². The van der Waals surface area contributed by atoms with E-state index >= 15 is 0 Å². The van der Waals surface area contributed by atoms with E-state index in [9.17, 15) is 4.79 Å². The maximum atomic E-state index is 11.3. The van der Waals surface area contributed by atoms with Crippen LogP contribution in [0.25, 0.3) is 0 Å². The summed E-state index contributed by atoms with van der Waals surface area (Å²) in [6.07, 6.45) is 0. The lowest BCUT2D eigenvalue weighted by atomic mass is 10.1. The highest BCUT2D eigenvalue weighted by molar-refractivity contribution is 6.33. The lowest BCUT2D eigenvalue weighted by Gasteiger charge is -2.29. The molecule has 1 fully saturated rings. The second-order valence-corrected chi connectivity index (χ2v) is 4.68. The van der Waals surface area contributed by atoms with E-state index in [0.717, 1.165) is 17.8 Å². The first-order valence-electron chi connectivity index (χ1n) is 5.64. The molecule has 4 nitrogen and oxygen atoms in total. The maximum absolute atomic E-state index is 11.3. The highest BCUT2D eigenvalue weighted by Gasteiger charge is 2.18. The average Bonchev–Trinajstić information content (AvgIpc) is 2.28. The highest BCUT2D eigenvalue weighted by atomic mass is 35.5. The van der Waals surface area contributed by atoms with Crippen LogP contribution in [0.1, 0.15) is 18.5 Å². The van der Waals surface area contributed by atoms with Crippen molar-refractivity contribution in [2.75, 3.05) is 24.5 Å². The van der Waals surface area contributed by atoms with E-state index in [1.807, 2.05) is 30.0 Å². The Morgan fingerprint density at radius 2 is 2.29 bits per heavy atom. The molecule has 0 spiro atoms. The fourth-order valence-corrected chi connectivity index (χ4v) is 2.22. The van der Waals surface area contributed by atoms with Gasteiger partial charge in [-0.2, -0.15) is 0 Å². The molecule has 1 heterocycles. The molecule has 2 rings (SSSR count). The number of halogens is 1. The summed E-state index contributed by atoms with van der Waals surface area (Å²) in [5, 5.41) is 3.43. The van der Waals surface area contributed by atoms with Crippen LogP contribution in [-0.4, -0.2) is 25.5 Å². The Balaban J connectivity index is 2.23. The van der Waals surface area contributed by atoms with Crippen LogP contribution in [0.5, 0.6) is 0 Å². The zero-order chi connectivity index (χ0) is 12.4. The summed E-state index contributed by atoms with van der Waals surface area (Å²) >= 11 is 6.23. The summed E-state index contributed by atoms with van der Waals surface area (Å²) in [6.45, 7) is 3.71. The largest absolute Gasteiger partial charge is 0.359 e. The Morgan fingerprint density at radius 3 is 2.88 bits per heavy atom. The molecule has 1 saturated heterocycles. The summed E-state index contributed by atoms with van der Waals surface area (Å²) in [7, 11) is 0. The van der Waals surface area contributed by atoms with Gasteiger partial charge in [-0.1, -0.05) is 17.7 Å². The van der Waals surface area contributed by atoms with Crippen molar-refractivity contribution >= 4 is 23.2 Å². The Labute approximate surface area is 106 Å². The zero-order valence-electron chi connectivity index (χ0n) is 9.74. The molecule has 1 aromatic carbocycles. The lowest BCUT2D eigenvalue weighted by Crippen LogP contribution is -2.47. The minimum atomic E-state index is -0.0359. The SMILES string of the molecule is CC(N)c1ccc(N2CCNC(=O)C2)c(Cl)c1. The van der Waals surface area contributed by atoms with Gasteiger partial charge in [0.2, 0.25) is 5.91 Å². The highest BCUT2D eigenvalue weighted by Crippen LogP contribution is 2.28. The van der Waals surface area contributed by atoms with Crippen molar-refractivity contribution in [1.82, 2.24) is 5.32 Å². The fraction of sp³-hybridized carbons (Fsp3) is 0.417. The fourth-order valence-electron chi connectivity index (χ4n) is 1.91. The average molecular weight is 254 g/mol. The van der Waals surface area contributed by atoms with Crippen LogP contribution in [0.4, 0.5) is 5.69 Å². The number of carbonyl (C=O) groups is 1. The molecule has 0 bridgehead atoms. The van der Waals surface area contributed by atoms with E-state index in [2.05, 4.69) is 5.32 Å². The number of nitrogens with zero attached hydrogens (tertiary/aromatic N) is 1. The molecule has 92 valence electrons. The van der Waals surface area contributed by atoms with Gasteiger partial charge in [0, 0.05) is 19.1 Å². The third-order valence-corrected chi connectivity index (χ3v) is 3.18. The molecule has 3 N–H and O–H groups in total. The summed E-state index contributed by atoms with van der Waals surface area (Å²) in [4.78, 5) is 13.3. The second kappa shape index (κ2) is 4.94. The van der Waals surface area contributed by atoms with Gasteiger partial charge >= 0.3 is 0 Å². The van der Waals surface area contributed by atoms with Gasteiger partial charge in [0.05, 0.1) is 17.3 Å². The van der Waals surface area contributed by atoms with Crippen molar-refractivity contribution in [2.24, 2.45) is 5.73 Å². The van der Waals surface area contributed by atoms with Gasteiger partial charge in [-0.15, -0.1) is 0 Å². The molecule has 17 heavy (non-hydrogen) atoms. The molecule has 0 saturated carbocycles. The molecule has 0 aliphatic carbocycles. The van der Waals surface area contributed by atoms with E-state index in [4.69, 9.17) is 17.3 Å². The smallest absolute Gasteiger partial charge is 0.239 e. The molecule has 1 unspecified atom stereocenters. The van der Waals surface area contributed by atoms with E-state index in [-0.39, 0.29) is 11.9 Å². The van der Waals surface area contributed by atoms with Crippen LogP contribution in [0.3, 0.4) is 0 Å². The number of carbonyl (C=O) groups excluding carboxylic acids is 1. The monoisotopic (exact) mass is 253 g/mol. The third-order valence-electron chi connectivity index (χ3n) is 2.88. The zero-order valence-corrected chi connectivity index (χ0v) is 10.5. The molecule has 1 amide bonds. The number of anilines is 1. The summed E-state index contributed by atoms with van der Waals surface area (Å²) in [5.41, 5.74) is 7.69. The number of hydrogen-bond acceptors (Lipinski definition) is 3. The normalized spacial score (nSPS) is 17.8. The Kier molecular flexibility index (Phi) is 3.54. The molecule has 1 aliphatic rings. The van der Waals surface area contributed by atoms with Crippen LogP contribution in [-0.2, 0) is 4.79 Å². The van der Waals surface area contributed by atoms with Crippen LogP contribution in [0.2, 0.25) is 5.02 Å². The number of rotatable bonds is 2. The van der Waals surface area contributed by atoms with E-state index in [1.54, 1.807) is 0 Å². The predicted molar refractivity (Wildman–Crippen MR) is 69.3 cm³/mol. The Bertz CT molecular complexity index is 434.